The van der Waals surface area contributed by atoms with E-state index in [1.807, 2.05) is 24.3 Å². The van der Waals surface area contributed by atoms with Crippen LogP contribution in [0.1, 0.15) is 24.1 Å². The van der Waals surface area contributed by atoms with Crippen LogP contribution in [0.2, 0.25) is 0 Å². The fourth-order valence-electron chi connectivity index (χ4n) is 4.96. The van der Waals surface area contributed by atoms with Crippen LogP contribution in [0.4, 0.5) is 5.69 Å². The first-order chi connectivity index (χ1) is 19.6. The molecule has 0 saturated heterocycles. The number of guanidine groups is 1. The number of aliphatic carboxylic acids is 1. The van der Waals surface area contributed by atoms with Crippen molar-refractivity contribution in [1.29, 1.82) is 0 Å². The van der Waals surface area contributed by atoms with Gasteiger partial charge in [-0.2, -0.15) is 8.42 Å². The normalized spacial score (nSPS) is 17.8. The number of carboxylic acid groups (broad SMARTS) is 1. The quantitative estimate of drug-likeness (QED) is 0.142. The molecule has 0 fully saturated rings. The molecule has 0 aliphatic carbocycles. The van der Waals surface area contributed by atoms with Gasteiger partial charge in [0.2, 0.25) is 5.96 Å². The van der Waals surface area contributed by atoms with E-state index in [0.29, 0.717) is 11.3 Å². The molecule has 3 atom stereocenters. The molecule has 0 aromatic heterocycles. The topological polar surface area (TPSA) is 154 Å². The number of ketones is 1. The summed E-state index contributed by atoms with van der Waals surface area (Å²) in [5.74, 6) is -1.84. The van der Waals surface area contributed by atoms with Gasteiger partial charge in [-0.15, -0.1) is 4.40 Å². The van der Waals surface area contributed by atoms with Crippen LogP contribution >= 0.6 is 0 Å². The van der Waals surface area contributed by atoms with E-state index in [0.717, 1.165) is 16.3 Å². The Bertz CT molecular complexity index is 1740. The van der Waals surface area contributed by atoms with Crippen molar-refractivity contribution in [3.05, 3.63) is 108 Å². The molecule has 0 spiro atoms. The molecule has 0 saturated carbocycles. The van der Waals surface area contributed by atoms with E-state index in [2.05, 4.69) is 15.1 Å². The lowest BCUT2D eigenvalue weighted by Crippen LogP contribution is -2.57. The van der Waals surface area contributed by atoms with E-state index >= 15 is 0 Å². The van der Waals surface area contributed by atoms with Gasteiger partial charge in [0.15, 0.2) is 5.78 Å². The van der Waals surface area contributed by atoms with Gasteiger partial charge >= 0.3 is 5.97 Å². The number of nitrogens with one attached hydrogen (secondary N) is 2. The van der Waals surface area contributed by atoms with Crippen LogP contribution in [0.25, 0.3) is 10.8 Å². The largest absolute Gasteiger partial charge is 0.480 e. The number of benzene rings is 4. The monoisotopic (exact) mass is 571 g/mol. The van der Waals surface area contributed by atoms with E-state index in [1.165, 1.54) is 17.1 Å². The summed E-state index contributed by atoms with van der Waals surface area (Å²) in [6.07, 6.45) is 0.247. The molecule has 0 bridgehead atoms. The molecule has 4 aromatic carbocycles. The van der Waals surface area contributed by atoms with Gasteiger partial charge in [0.05, 0.1) is 16.6 Å². The van der Waals surface area contributed by atoms with Crippen molar-refractivity contribution in [2.45, 2.75) is 36.4 Å². The Balaban J connectivity index is 1.45. The Morgan fingerprint density at radius 3 is 2.37 bits per heavy atom. The van der Waals surface area contributed by atoms with Crippen LogP contribution in [0, 0.1) is 0 Å². The fraction of sp³-hybridized carbons (Fsp3) is 0.167. The summed E-state index contributed by atoms with van der Waals surface area (Å²) in [7, 11) is -4.19. The first kappa shape index (κ1) is 27.8. The van der Waals surface area contributed by atoms with Crippen molar-refractivity contribution in [3.8, 4) is 0 Å². The van der Waals surface area contributed by atoms with E-state index in [9.17, 15) is 23.1 Å². The number of carbonyl (C=O) groups is 2. The minimum atomic E-state index is -4.19. The zero-order valence-corrected chi connectivity index (χ0v) is 23.0. The highest BCUT2D eigenvalue weighted by molar-refractivity contribution is 7.90. The second-order valence-corrected chi connectivity index (χ2v) is 11.4. The highest BCUT2D eigenvalue weighted by Gasteiger charge is 2.37. The van der Waals surface area contributed by atoms with Gasteiger partial charge in [-0.1, -0.05) is 72.8 Å². The molecule has 1 heterocycles. The minimum Gasteiger partial charge on any atom is -0.480 e. The number of hydrogen-bond donors (Lipinski definition) is 4. The molecular weight excluding hydrogens is 542 g/mol. The number of carboxylic acids is 1. The van der Waals surface area contributed by atoms with Crippen molar-refractivity contribution in [3.63, 3.8) is 0 Å². The smallest absolute Gasteiger partial charge is 0.321 e. The Morgan fingerprint density at radius 1 is 0.976 bits per heavy atom. The maximum atomic E-state index is 13.9. The van der Waals surface area contributed by atoms with Crippen molar-refractivity contribution < 1.29 is 23.1 Å². The highest BCUT2D eigenvalue weighted by Crippen LogP contribution is 2.29. The summed E-state index contributed by atoms with van der Waals surface area (Å²) in [5, 5.41) is 15.7. The van der Waals surface area contributed by atoms with Gasteiger partial charge in [-0.05, 0) is 59.5 Å². The van der Waals surface area contributed by atoms with E-state index in [-0.39, 0.29) is 17.1 Å². The van der Waals surface area contributed by atoms with Crippen molar-refractivity contribution >= 4 is 44.2 Å². The summed E-state index contributed by atoms with van der Waals surface area (Å²) in [6.45, 7) is 1.63. The van der Waals surface area contributed by atoms with Gasteiger partial charge in [-0.25, -0.2) is 0 Å². The lowest BCUT2D eigenvalue weighted by Gasteiger charge is -2.36. The molecule has 41 heavy (non-hydrogen) atoms. The van der Waals surface area contributed by atoms with E-state index in [4.69, 9.17) is 5.73 Å². The van der Waals surface area contributed by atoms with Crippen LogP contribution in [0.3, 0.4) is 0 Å². The lowest BCUT2D eigenvalue weighted by atomic mass is 9.86. The van der Waals surface area contributed by atoms with Crippen LogP contribution < -0.4 is 21.5 Å². The number of sulfonamides is 1. The van der Waals surface area contributed by atoms with Crippen molar-refractivity contribution in [1.82, 2.24) is 10.7 Å². The number of hydrogen-bond acceptors (Lipinski definition) is 6. The van der Waals surface area contributed by atoms with Gasteiger partial charge in [-0.3, -0.25) is 25.3 Å². The first-order valence-electron chi connectivity index (χ1n) is 12.9. The van der Waals surface area contributed by atoms with Gasteiger partial charge in [0.1, 0.15) is 12.1 Å². The van der Waals surface area contributed by atoms with E-state index < -0.39 is 40.1 Å². The molecule has 11 heteroatoms. The maximum absolute atomic E-state index is 13.9. The SMILES string of the molecule is CC(C(=O)C1NC(C(=O)O)Cc2ccccc21)N(N/C(N)=N\S(=O)(=O)c1ccc2ccccc2c1)c1ccccc1. The average Bonchev–Trinajstić information content (AvgIpc) is 2.98. The molecule has 1 aliphatic heterocycles. The van der Waals surface area contributed by atoms with Crippen LogP contribution in [-0.4, -0.2) is 43.3 Å². The van der Waals surface area contributed by atoms with Crippen molar-refractivity contribution in [2.75, 3.05) is 5.01 Å². The van der Waals surface area contributed by atoms with Crippen molar-refractivity contribution in [2.24, 2.45) is 10.1 Å². The molecule has 0 radical (unpaired) electrons. The molecule has 4 aromatic rings. The first-order valence-corrected chi connectivity index (χ1v) is 14.4. The second-order valence-electron chi connectivity index (χ2n) is 9.75. The Morgan fingerprint density at radius 2 is 1.63 bits per heavy atom. The number of Topliss-reactive ketones (excluding diaryl/α,β-unsaturated/α-hetero) is 1. The van der Waals surface area contributed by atoms with Gasteiger partial charge in [0.25, 0.3) is 10.0 Å². The predicted molar refractivity (Wildman–Crippen MR) is 157 cm³/mol. The number of rotatable bonds is 8. The standard InChI is InChI=1S/C30H29N5O5S/c1-19(28(36)27-25-14-8-7-11-22(25)18-26(32-27)29(37)38)35(23-12-3-2-4-13-23)33-30(31)34-41(39,40)24-16-15-20-9-5-6-10-21(20)17-24/h2-17,19,26-27,32H,18H2,1H3,(H,37,38)(H3,31,33,34). The van der Waals surface area contributed by atoms with Crippen LogP contribution in [0.15, 0.2) is 106 Å². The summed E-state index contributed by atoms with van der Waals surface area (Å²) >= 11 is 0. The molecule has 210 valence electrons. The summed E-state index contributed by atoms with van der Waals surface area (Å²) in [4.78, 5) is 25.7. The summed E-state index contributed by atoms with van der Waals surface area (Å²) < 4.78 is 30.1. The number of fused-ring (bicyclic) bond motifs is 2. The number of para-hydroxylation sites is 1. The number of nitrogens with two attached hydrogens (primary N) is 1. The fourth-order valence-corrected chi connectivity index (χ4v) is 5.88. The predicted octanol–water partition coefficient (Wildman–Crippen LogP) is 3.15. The lowest BCUT2D eigenvalue weighted by molar-refractivity contribution is -0.140. The van der Waals surface area contributed by atoms with Crippen LogP contribution in [0.5, 0.6) is 0 Å². The average molecular weight is 572 g/mol. The third-order valence-electron chi connectivity index (χ3n) is 7.05. The summed E-state index contributed by atoms with van der Waals surface area (Å²) in [5.41, 5.74) is 10.9. The number of anilines is 1. The number of hydrazine groups is 1. The second kappa shape index (κ2) is 11.4. The third kappa shape index (κ3) is 5.91. The molecule has 0 amide bonds. The molecule has 5 rings (SSSR count). The number of carbonyl (C=O) groups excluding carboxylic acids is 1. The minimum absolute atomic E-state index is 0.0286. The van der Waals surface area contributed by atoms with Crippen LogP contribution in [-0.2, 0) is 26.0 Å². The Kier molecular flexibility index (Phi) is 7.73. The zero-order valence-electron chi connectivity index (χ0n) is 22.1. The van der Waals surface area contributed by atoms with E-state index in [1.54, 1.807) is 67.6 Å². The highest BCUT2D eigenvalue weighted by atomic mass is 32.2. The number of nitrogens with zero attached hydrogens (tertiary/aromatic N) is 2. The molecule has 1 aliphatic rings. The molecule has 5 N–H and O–H groups in total. The molecule has 10 nitrogen and oxygen atoms in total. The maximum Gasteiger partial charge on any atom is 0.321 e. The Labute approximate surface area is 237 Å². The zero-order chi connectivity index (χ0) is 29.1. The Hall–Kier alpha value is -4.74. The van der Waals surface area contributed by atoms with Gasteiger partial charge in [0, 0.05) is 0 Å². The summed E-state index contributed by atoms with van der Waals surface area (Å²) in [6, 6.07) is 25.2. The molecular formula is C30H29N5O5S. The van der Waals surface area contributed by atoms with Gasteiger partial charge < -0.3 is 10.8 Å². The molecule has 3 unspecified atom stereocenters. The third-order valence-corrected chi connectivity index (χ3v) is 8.33.